The molecule has 1 amide bonds. The Morgan fingerprint density at radius 3 is 3.05 bits per heavy atom. The highest BCUT2D eigenvalue weighted by atomic mass is 35.5. The van der Waals surface area contributed by atoms with Gasteiger partial charge in [-0.15, -0.1) is 0 Å². The molecule has 19 heavy (non-hydrogen) atoms. The molecule has 1 aliphatic rings. The number of carbonyl (C=O) groups excluding carboxylic acids is 1. The van der Waals surface area contributed by atoms with Crippen molar-refractivity contribution in [3.63, 3.8) is 0 Å². The first-order valence-electron chi connectivity index (χ1n) is 6.66. The maximum atomic E-state index is 11.9. The molecule has 1 saturated heterocycles. The molecule has 104 valence electrons. The average molecular weight is 283 g/mol. The molecular weight excluding hydrogens is 264 g/mol. The van der Waals surface area contributed by atoms with Gasteiger partial charge in [-0.1, -0.05) is 24.9 Å². The number of rotatable bonds is 4. The lowest BCUT2D eigenvalue weighted by Crippen LogP contribution is -2.42. The third-order valence-corrected chi connectivity index (χ3v) is 3.77. The summed E-state index contributed by atoms with van der Waals surface area (Å²) in [6.07, 6.45) is 5.11. The summed E-state index contributed by atoms with van der Waals surface area (Å²) in [4.78, 5) is 22.4. The quantitative estimate of drug-likeness (QED) is 0.856. The van der Waals surface area contributed by atoms with Gasteiger partial charge in [-0.3, -0.25) is 4.79 Å². The van der Waals surface area contributed by atoms with Crippen molar-refractivity contribution in [2.24, 2.45) is 0 Å². The van der Waals surface area contributed by atoms with Crippen LogP contribution in [0.3, 0.4) is 0 Å². The number of nitrogens with one attached hydrogen (secondary N) is 1. The van der Waals surface area contributed by atoms with Crippen LogP contribution in [0.5, 0.6) is 0 Å². The fourth-order valence-corrected chi connectivity index (χ4v) is 2.78. The fourth-order valence-electron chi connectivity index (χ4n) is 2.55. The van der Waals surface area contributed by atoms with Gasteiger partial charge in [0, 0.05) is 19.2 Å². The molecule has 1 aromatic heterocycles. The van der Waals surface area contributed by atoms with Crippen molar-refractivity contribution >= 4 is 23.3 Å². The van der Waals surface area contributed by atoms with E-state index in [2.05, 4.69) is 27.1 Å². The fraction of sp³-hybridized carbons (Fsp3) is 0.615. The van der Waals surface area contributed by atoms with E-state index in [4.69, 9.17) is 11.6 Å². The van der Waals surface area contributed by atoms with Crippen molar-refractivity contribution < 1.29 is 4.79 Å². The molecule has 1 unspecified atom stereocenters. The molecule has 0 saturated carbocycles. The average Bonchev–Trinajstić information content (AvgIpc) is 2.89. The number of amides is 1. The number of halogens is 1. The van der Waals surface area contributed by atoms with Crippen molar-refractivity contribution in [3.8, 4) is 0 Å². The molecule has 0 bridgehead atoms. The maximum Gasteiger partial charge on any atom is 0.242 e. The number of hydrogen-bond acceptors (Lipinski definition) is 4. The summed E-state index contributed by atoms with van der Waals surface area (Å²) in [6, 6.07) is -0.147. The number of likely N-dealkylation sites (N-methyl/N-ethyl adjacent to an activating group) is 1. The number of carbonyl (C=O) groups is 1. The second-order valence-electron chi connectivity index (χ2n) is 4.68. The van der Waals surface area contributed by atoms with E-state index in [0.717, 1.165) is 43.6 Å². The highest BCUT2D eigenvalue weighted by Gasteiger charge is 2.32. The number of anilines is 1. The van der Waals surface area contributed by atoms with Gasteiger partial charge in [0.2, 0.25) is 5.91 Å². The van der Waals surface area contributed by atoms with E-state index in [0.29, 0.717) is 5.15 Å². The van der Waals surface area contributed by atoms with Gasteiger partial charge in [0.25, 0.3) is 0 Å². The lowest BCUT2D eigenvalue weighted by molar-refractivity contribution is -0.121. The van der Waals surface area contributed by atoms with Gasteiger partial charge in [0.05, 0.1) is 0 Å². The van der Waals surface area contributed by atoms with Crippen LogP contribution in [0.4, 0.5) is 5.82 Å². The summed E-state index contributed by atoms with van der Waals surface area (Å²) in [5.41, 5.74) is 0.947. The van der Waals surface area contributed by atoms with Gasteiger partial charge in [-0.2, -0.15) is 0 Å². The second kappa shape index (κ2) is 6.19. The summed E-state index contributed by atoms with van der Waals surface area (Å²) in [6.45, 7) is 2.93. The van der Waals surface area contributed by atoms with Crippen molar-refractivity contribution in [2.75, 3.05) is 18.5 Å². The predicted octanol–water partition coefficient (Wildman–Crippen LogP) is 1.80. The Labute approximate surface area is 118 Å². The molecule has 2 rings (SSSR count). The van der Waals surface area contributed by atoms with E-state index in [1.807, 2.05) is 0 Å². The minimum atomic E-state index is -0.147. The van der Waals surface area contributed by atoms with Crippen LogP contribution in [0.15, 0.2) is 6.33 Å². The van der Waals surface area contributed by atoms with E-state index in [9.17, 15) is 4.79 Å². The molecule has 6 heteroatoms. The van der Waals surface area contributed by atoms with Crippen molar-refractivity contribution in [2.45, 2.75) is 38.6 Å². The molecule has 1 N–H and O–H groups in total. The minimum Gasteiger partial charge on any atom is -0.357 e. The molecule has 0 aromatic carbocycles. The Bertz CT molecular complexity index is 466. The van der Waals surface area contributed by atoms with Gasteiger partial charge in [0.15, 0.2) is 0 Å². The lowest BCUT2D eigenvalue weighted by Gasteiger charge is -2.26. The molecule has 1 aliphatic heterocycles. The van der Waals surface area contributed by atoms with Gasteiger partial charge >= 0.3 is 0 Å². The minimum absolute atomic E-state index is 0.0367. The normalized spacial score (nSPS) is 18.7. The number of hydrogen-bond donors (Lipinski definition) is 1. The summed E-state index contributed by atoms with van der Waals surface area (Å²) in [5.74, 6) is 0.850. The first kappa shape index (κ1) is 14.1. The number of aromatic nitrogens is 2. The third-order valence-electron chi connectivity index (χ3n) is 3.44. The van der Waals surface area contributed by atoms with Crippen molar-refractivity contribution in [3.05, 3.63) is 17.0 Å². The molecule has 1 fully saturated rings. The van der Waals surface area contributed by atoms with Crippen LogP contribution >= 0.6 is 11.6 Å². The summed E-state index contributed by atoms with van der Waals surface area (Å²) >= 11 is 6.17. The van der Waals surface area contributed by atoms with Crippen molar-refractivity contribution in [1.82, 2.24) is 15.3 Å². The van der Waals surface area contributed by atoms with E-state index in [1.54, 1.807) is 7.05 Å². The third kappa shape index (κ3) is 2.81. The van der Waals surface area contributed by atoms with Crippen molar-refractivity contribution in [1.29, 1.82) is 0 Å². The van der Waals surface area contributed by atoms with E-state index in [-0.39, 0.29) is 11.9 Å². The van der Waals surface area contributed by atoms with Crippen LogP contribution in [0.1, 0.15) is 31.7 Å². The monoisotopic (exact) mass is 282 g/mol. The Kier molecular flexibility index (Phi) is 4.58. The molecule has 1 aromatic rings. The van der Waals surface area contributed by atoms with Crippen LogP contribution in [0, 0.1) is 0 Å². The van der Waals surface area contributed by atoms with Crippen LogP contribution in [-0.2, 0) is 11.2 Å². The van der Waals surface area contributed by atoms with Gasteiger partial charge in [-0.25, -0.2) is 9.97 Å². The Morgan fingerprint density at radius 1 is 1.58 bits per heavy atom. The molecular formula is C13H19ClN4O. The largest absolute Gasteiger partial charge is 0.357 e. The maximum absolute atomic E-state index is 11.9. The molecule has 2 heterocycles. The van der Waals surface area contributed by atoms with Crippen LogP contribution in [0.2, 0.25) is 5.15 Å². The van der Waals surface area contributed by atoms with Crippen LogP contribution < -0.4 is 10.2 Å². The summed E-state index contributed by atoms with van der Waals surface area (Å²) < 4.78 is 0. The zero-order chi connectivity index (χ0) is 13.8. The number of nitrogens with zero attached hydrogens (tertiary/aromatic N) is 3. The smallest absolute Gasteiger partial charge is 0.242 e. The van der Waals surface area contributed by atoms with Crippen LogP contribution in [0.25, 0.3) is 0 Å². The summed E-state index contributed by atoms with van der Waals surface area (Å²) in [7, 11) is 1.67. The lowest BCUT2D eigenvalue weighted by atomic mass is 10.1. The van der Waals surface area contributed by atoms with Gasteiger partial charge < -0.3 is 10.2 Å². The zero-order valence-corrected chi connectivity index (χ0v) is 12.1. The zero-order valence-electron chi connectivity index (χ0n) is 11.3. The van der Waals surface area contributed by atoms with E-state index >= 15 is 0 Å². The van der Waals surface area contributed by atoms with Gasteiger partial charge in [-0.05, 0) is 19.3 Å². The Balaban J connectivity index is 2.35. The van der Waals surface area contributed by atoms with E-state index in [1.165, 1.54) is 6.33 Å². The van der Waals surface area contributed by atoms with Gasteiger partial charge in [0.1, 0.15) is 23.3 Å². The Morgan fingerprint density at radius 2 is 2.37 bits per heavy atom. The summed E-state index contributed by atoms with van der Waals surface area (Å²) in [5, 5.41) is 3.21. The molecule has 0 aliphatic carbocycles. The molecule has 0 spiro atoms. The van der Waals surface area contributed by atoms with E-state index < -0.39 is 0 Å². The predicted molar refractivity (Wildman–Crippen MR) is 75.5 cm³/mol. The van der Waals surface area contributed by atoms with Crippen LogP contribution in [-0.4, -0.2) is 35.5 Å². The second-order valence-corrected chi connectivity index (χ2v) is 5.04. The first-order valence-corrected chi connectivity index (χ1v) is 7.04. The molecule has 5 nitrogen and oxygen atoms in total. The topological polar surface area (TPSA) is 58.1 Å². The standard InChI is InChI=1S/C13H19ClN4O/c1-3-5-9-11(14)16-8-17-12(9)18-7-4-6-10(18)13(19)15-2/h8,10H,3-7H2,1-2H3,(H,15,19). The Hall–Kier alpha value is -1.36. The SMILES string of the molecule is CCCc1c(Cl)ncnc1N1CCCC1C(=O)NC. The highest BCUT2D eigenvalue weighted by molar-refractivity contribution is 6.30. The molecule has 1 atom stereocenters. The highest BCUT2D eigenvalue weighted by Crippen LogP contribution is 2.30. The molecule has 0 radical (unpaired) electrons. The first-order chi connectivity index (χ1) is 9.19.